The molecule has 136 valence electrons. The molecule has 1 aliphatic rings. The largest absolute Gasteiger partial charge is 0.263 e. The second-order valence-electron chi connectivity index (χ2n) is 6.06. The molecule has 24 heavy (non-hydrogen) atoms. The van der Waals surface area contributed by atoms with E-state index in [1.54, 1.807) is 6.07 Å². The first-order chi connectivity index (χ1) is 11.3. The van der Waals surface area contributed by atoms with Crippen molar-refractivity contribution in [3.63, 3.8) is 0 Å². The van der Waals surface area contributed by atoms with Gasteiger partial charge in [0.15, 0.2) is 0 Å². The average molecular weight is 376 g/mol. The normalized spacial score (nSPS) is 17.9. The van der Waals surface area contributed by atoms with E-state index in [9.17, 15) is 16.8 Å². The van der Waals surface area contributed by atoms with Gasteiger partial charge in [-0.05, 0) is 37.3 Å². The number of nitrogens with zero attached hydrogens (tertiary/aromatic N) is 2. The van der Waals surface area contributed by atoms with E-state index in [1.165, 1.54) is 22.8 Å². The van der Waals surface area contributed by atoms with Crippen LogP contribution in [-0.2, 0) is 20.0 Å². The molecule has 1 saturated heterocycles. The first kappa shape index (κ1) is 19.3. The van der Waals surface area contributed by atoms with Gasteiger partial charge in [-0.1, -0.05) is 13.3 Å². The van der Waals surface area contributed by atoms with Crippen LogP contribution < -0.4 is 4.72 Å². The van der Waals surface area contributed by atoms with Crippen molar-refractivity contribution < 1.29 is 16.8 Å². The number of rotatable bonds is 8. The lowest BCUT2D eigenvalue weighted by molar-refractivity contribution is 0.274. The number of aromatic nitrogens is 1. The molecule has 2 heterocycles. The van der Waals surface area contributed by atoms with Crippen molar-refractivity contribution in [2.24, 2.45) is 5.92 Å². The standard InChI is InChI=1S/C15H25N3O4S2/c1-2-3-11-23(19,20)17-12-14-6-9-18(10-7-14)24(21,22)15-5-4-8-16-13-15/h4-5,8,13-14,17H,2-3,6-7,9-12H2,1H3. The van der Waals surface area contributed by atoms with Crippen LogP contribution >= 0.6 is 0 Å². The van der Waals surface area contributed by atoms with Crippen molar-refractivity contribution >= 4 is 20.0 Å². The maximum Gasteiger partial charge on any atom is 0.244 e. The van der Waals surface area contributed by atoms with Gasteiger partial charge in [-0.3, -0.25) is 4.98 Å². The summed E-state index contributed by atoms with van der Waals surface area (Å²) in [5.74, 6) is 0.319. The Kier molecular flexibility index (Phi) is 6.73. The third kappa shape index (κ3) is 5.23. The highest BCUT2D eigenvalue weighted by molar-refractivity contribution is 7.89. The Morgan fingerprint density at radius 1 is 1.25 bits per heavy atom. The minimum absolute atomic E-state index is 0.151. The van der Waals surface area contributed by atoms with E-state index in [0.29, 0.717) is 38.9 Å². The summed E-state index contributed by atoms with van der Waals surface area (Å²) in [6.45, 7) is 3.14. The van der Waals surface area contributed by atoms with Gasteiger partial charge in [-0.2, -0.15) is 4.31 Å². The molecule has 7 nitrogen and oxygen atoms in total. The highest BCUT2D eigenvalue weighted by Crippen LogP contribution is 2.23. The maximum atomic E-state index is 12.5. The third-order valence-electron chi connectivity index (χ3n) is 4.20. The highest BCUT2D eigenvalue weighted by Gasteiger charge is 2.29. The lowest BCUT2D eigenvalue weighted by Gasteiger charge is -2.31. The molecule has 0 radical (unpaired) electrons. The molecule has 1 aromatic heterocycles. The molecule has 0 amide bonds. The molecule has 0 bridgehead atoms. The fraction of sp³-hybridized carbons (Fsp3) is 0.667. The molecule has 9 heteroatoms. The van der Waals surface area contributed by atoms with Gasteiger partial charge in [0.1, 0.15) is 4.90 Å². The molecule has 2 rings (SSSR count). The van der Waals surface area contributed by atoms with E-state index < -0.39 is 20.0 Å². The van der Waals surface area contributed by atoms with Gasteiger partial charge >= 0.3 is 0 Å². The zero-order chi connectivity index (χ0) is 17.6. The first-order valence-corrected chi connectivity index (χ1v) is 11.3. The van der Waals surface area contributed by atoms with Crippen LogP contribution in [0.3, 0.4) is 0 Å². The predicted molar refractivity (Wildman–Crippen MR) is 92.4 cm³/mol. The van der Waals surface area contributed by atoms with Gasteiger partial charge in [0.2, 0.25) is 20.0 Å². The molecule has 1 aliphatic heterocycles. The summed E-state index contributed by atoms with van der Waals surface area (Å²) >= 11 is 0. The van der Waals surface area contributed by atoms with Crippen LogP contribution in [0, 0.1) is 5.92 Å². The minimum atomic E-state index is -3.51. The fourth-order valence-corrected chi connectivity index (χ4v) is 5.39. The smallest absolute Gasteiger partial charge is 0.244 e. The van der Waals surface area contributed by atoms with E-state index >= 15 is 0 Å². The second kappa shape index (κ2) is 8.37. The summed E-state index contributed by atoms with van der Waals surface area (Å²) in [4.78, 5) is 4.06. The van der Waals surface area contributed by atoms with Gasteiger partial charge < -0.3 is 0 Å². The summed E-state index contributed by atoms with van der Waals surface area (Å²) in [6.07, 6.45) is 5.67. The van der Waals surface area contributed by atoms with Crippen molar-refractivity contribution in [2.75, 3.05) is 25.4 Å². The lowest BCUT2D eigenvalue weighted by Crippen LogP contribution is -2.41. The molecule has 0 spiro atoms. The summed E-state index contributed by atoms with van der Waals surface area (Å²) in [5, 5.41) is 0. The second-order valence-corrected chi connectivity index (χ2v) is 9.92. The van der Waals surface area contributed by atoms with Crippen molar-refractivity contribution in [1.82, 2.24) is 14.0 Å². The van der Waals surface area contributed by atoms with Crippen LogP contribution in [0.1, 0.15) is 32.6 Å². The van der Waals surface area contributed by atoms with Gasteiger partial charge in [-0.25, -0.2) is 21.6 Å². The number of unbranched alkanes of at least 4 members (excludes halogenated alkanes) is 1. The van der Waals surface area contributed by atoms with Gasteiger partial charge in [-0.15, -0.1) is 0 Å². The van der Waals surface area contributed by atoms with Crippen LogP contribution in [0.2, 0.25) is 0 Å². The van der Waals surface area contributed by atoms with Crippen molar-refractivity contribution in [3.05, 3.63) is 24.5 Å². The Morgan fingerprint density at radius 2 is 1.96 bits per heavy atom. The van der Waals surface area contributed by atoms with Crippen molar-refractivity contribution in [2.45, 2.75) is 37.5 Å². The van der Waals surface area contributed by atoms with Crippen LogP contribution in [0.15, 0.2) is 29.4 Å². The van der Waals surface area contributed by atoms with Gasteiger partial charge in [0.25, 0.3) is 0 Å². The molecule has 0 unspecified atom stereocenters. The summed E-state index contributed by atoms with van der Waals surface area (Å²) in [6, 6.07) is 3.14. The van der Waals surface area contributed by atoms with E-state index in [2.05, 4.69) is 9.71 Å². The lowest BCUT2D eigenvalue weighted by atomic mass is 9.99. The Morgan fingerprint density at radius 3 is 2.54 bits per heavy atom. The SMILES string of the molecule is CCCCS(=O)(=O)NCC1CCN(S(=O)(=O)c2cccnc2)CC1. The predicted octanol–water partition coefficient (Wildman–Crippen LogP) is 1.20. The number of hydrogen-bond donors (Lipinski definition) is 1. The van der Waals surface area contributed by atoms with E-state index in [-0.39, 0.29) is 16.6 Å². The molecule has 0 saturated carbocycles. The summed E-state index contributed by atoms with van der Waals surface area (Å²) < 4.78 is 52.7. The quantitative estimate of drug-likeness (QED) is 0.736. The number of piperidine rings is 1. The summed E-state index contributed by atoms with van der Waals surface area (Å²) in [5.41, 5.74) is 0. The Hall–Kier alpha value is -1.03. The maximum absolute atomic E-state index is 12.5. The number of pyridine rings is 1. The Labute approximate surface area is 144 Å². The molecule has 0 atom stereocenters. The zero-order valence-corrected chi connectivity index (χ0v) is 15.5. The van der Waals surface area contributed by atoms with Gasteiger partial charge in [0, 0.05) is 32.0 Å². The monoisotopic (exact) mass is 375 g/mol. The van der Waals surface area contributed by atoms with Crippen LogP contribution in [-0.4, -0.2) is 51.5 Å². The number of nitrogens with one attached hydrogen (secondary N) is 1. The summed E-state index contributed by atoms with van der Waals surface area (Å²) in [7, 11) is -6.73. The number of hydrogen-bond acceptors (Lipinski definition) is 5. The highest BCUT2D eigenvalue weighted by atomic mass is 32.2. The van der Waals surface area contributed by atoms with Gasteiger partial charge in [0.05, 0.1) is 5.75 Å². The van der Waals surface area contributed by atoms with Crippen molar-refractivity contribution in [1.29, 1.82) is 0 Å². The topological polar surface area (TPSA) is 96.4 Å². The molecule has 0 aromatic carbocycles. The minimum Gasteiger partial charge on any atom is -0.263 e. The molecule has 1 aromatic rings. The average Bonchev–Trinajstić information content (AvgIpc) is 2.59. The van der Waals surface area contributed by atoms with Crippen LogP contribution in [0.4, 0.5) is 0 Å². The van der Waals surface area contributed by atoms with Crippen molar-refractivity contribution in [3.8, 4) is 0 Å². The van der Waals surface area contributed by atoms with Crippen LogP contribution in [0.25, 0.3) is 0 Å². The van der Waals surface area contributed by atoms with E-state index in [1.807, 2.05) is 6.92 Å². The molecule has 0 aliphatic carbocycles. The van der Waals surface area contributed by atoms with E-state index in [4.69, 9.17) is 0 Å². The van der Waals surface area contributed by atoms with Crippen LogP contribution in [0.5, 0.6) is 0 Å². The third-order valence-corrected chi connectivity index (χ3v) is 7.52. The fourth-order valence-electron chi connectivity index (χ4n) is 2.65. The molecular formula is C15H25N3O4S2. The number of sulfonamides is 2. The Balaban J connectivity index is 1.86. The van der Waals surface area contributed by atoms with E-state index in [0.717, 1.165) is 6.42 Å². The molecular weight excluding hydrogens is 350 g/mol. The first-order valence-electron chi connectivity index (χ1n) is 8.22. The zero-order valence-electron chi connectivity index (χ0n) is 13.9. The Bertz CT molecular complexity index is 712. The molecule has 1 fully saturated rings. The molecule has 1 N–H and O–H groups in total.